The van der Waals surface area contributed by atoms with Crippen LogP contribution in [-0.4, -0.2) is 36.6 Å². The zero-order valence-electron chi connectivity index (χ0n) is 17.6. The highest BCUT2D eigenvalue weighted by Gasteiger charge is 2.46. The predicted octanol–water partition coefficient (Wildman–Crippen LogP) is 4.35. The first-order chi connectivity index (χ1) is 15.9. The topological polar surface area (TPSA) is 63.9 Å². The zero-order chi connectivity index (χ0) is 22.9. The Bertz CT molecular complexity index is 1430. The van der Waals surface area contributed by atoms with Gasteiger partial charge in [0.15, 0.2) is 17.5 Å². The van der Waals surface area contributed by atoms with Crippen LogP contribution in [0.3, 0.4) is 0 Å². The molecule has 2 atom stereocenters. The van der Waals surface area contributed by atoms with E-state index in [0.717, 1.165) is 30.5 Å². The molecule has 0 saturated carbocycles. The summed E-state index contributed by atoms with van der Waals surface area (Å²) in [4.78, 5) is 24.0. The largest absolute Gasteiger partial charge is 0.327 e. The van der Waals surface area contributed by atoms with Gasteiger partial charge in [-0.05, 0) is 49.6 Å². The molecule has 1 saturated heterocycles. The second-order valence-corrected chi connectivity index (χ2v) is 8.52. The summed E-state index contributed by atoms with van der Waals surface area (Å²) in [6.07, 6.45) is 5.26. The van der Waals surface area contributed by atoms with Crippen LogP contribution < -0.4 is 0 Å². The molecular weight excluding hydrogens is 431 g/mol. The molecule has 1 amide bonds. The van der Waals surface area contributed by atoms with E-state index in [9.17, 15) is 18.0 Å². The quantitative estimate of drug-likeness (QED) is 0.427. The third-order valence-corrected chi connectivity index (χ3v) is 6.62. The van der Waals surface area contributed by atoms with Gasteiger partial charge in [-0.1, -0.05) is 0 Å². The van der Waals surface area contributed by atoms with Crippen LogP contribution in [0.25, 0.3) is 22.3 Å². The van der Waals surface area contributed by atoms with E-state index in [0.29, 0.717) is 34.4 Å². The van der Waals surface area contributed by atoms with Crippen molar-refractivity contribution in [2.24, 2.45) is 7.05 Å². The molecule has 0 spiro atoms. The van der Waals surface area contributed by atoms with Gasteiger partial charge in [0.25, 0.3) is 5.91 Å². The standard InChI is InChI=1S/C24H18F3N5O/c1-31-23(12-7-16(25)21(27)17(26)8-12)15-10-14-4-5-20(22(15)30-31)32(14)24(33)13-9-19-18(29-11-13)3-2-6-28-19/h2-3,6-9,11,14,20H,4-5,10H2,1H3. The van der Waals surface area contributed by atoms with Gasteiger partial charge in [-0.25, -0.2) is 13.2 Å². The van der Waals surface area contributed by atoms with Gasteiger partial charge in [0, 0.05) is 36.6 Å². The lowest BCUT2D eigenvalue weighted by molar-refractivity contribution is 0.0642. The summed E-state index contributed by atoms with van der Waals surface area (Å²) in [7, 11) is 1.69. The van der Waals surface area contributed by atoms with Gasteiger partial charge >= 0.3 is 0 Å². The first-order valence-corrected chi connectivity index (χ1v) is 10.7. The maximum Gasteiger partial charge on any atom is 0.256 e. The monoisotopic (exact) mass is 449 g/mol. The third-order valence-electron chi connectivity index (χ3n) is 6.62. The second kappa shape index (κ2) is 7.13. The summed E-state index contributed by atoms with van der Waals surface area (Å²) < 4.78 is 42.9. The molecule has 33 heavy (non-hydrogen) atoms. The number of carbonyl (C=O) groups excluding carboxylic acids is 1. The van der Waals surface area contributed by atoms with E-state index in [1.165, 1.54) is 0 Å². The Morgan fingerprint density at radius 1 is 1.06 bits per heavy atom. The number of fused-ring (bicyclic) bond motifs is 5. The van der Waals surface area contributed by atoms with E-state index in [4.69, 9.17) is 0 Å². The smallest absolute Gasteiger partial charge is 0.256 e. The number of rotatable bonds is 2. The number of pyridine rings is 2. The maximum absolute atomic E-state index is 13.9. The molecule has 2 aliphatic rings. The molecule has 2 unspecified atom stereocenters. The van der Waals surface area contributed by atoms with Crippen LogP contribution in [0.4, 0.5) is 13.2 Å². The Balaban J connectivity index is 1.40. The highest BCUT2D eigenvalue weighted by atomic mass is 19.2. The summed E-state index contributed by atoms with van der Waals surface area (Å²) in [6.45, 7) is 0. The average molecular weight is 449 g/mol. The van der Waals surface area contributed by atoms with Crippen molar-refractivity contribution in [3.8, 4) is 11.3 Å². The van der Waals surface area contributed by atoms with E-state index in [2.05, 4.69) is 15.1 Å². The summed E-state index contributed by atoms with van der Waals surface area (Å²) in [5.41, 5.74) is 4.15. The summed E-state index contributed by atoms with van der Waals surface area (Å²) in [5, 5.41) is 4.62. The number of hydrogen-bond acceptors (Lipinski definition) is 4. The van der Waals surface area contributed by atoms with Crippen molar-refractivity contribution in [2.45, 2.75) is 31.3 Å². The summed E-state index contributed by atoms with van der Waals surface area (Å²) >= 11 is 0. The van der Waals surface area contributed by atoms with Crippen molar-refractivity contribution < 1.29 is 18.0 Å². The molecule has 6 rings (SSSR count). The fourth-order valence-corrected chi connectivity index (χ4v) is 5.22. The van der Waals surface area contributed by atoms with Crippen LogP contribution in [0.1, 0.15) is 40.5 Å². The summed E-state index contributed by atoms with van der Waals surface area (Å²) in [6, 6.07) is 7.03. The van der Waals surface area contributed by atoms with E-state index >= 15 is 0 Å². The van der Waals surface area contributed by atoms with Crippen molar-refractivity contribution in [3.05, 3.63) is 77.0 Å². The van der Waals surface area contributed by atoms with Gasteiger partial charge in [0.05, 0.1) is 34.0 Å². The number of hydrogen-bond donors (Lipinski definition) is 0. The van der Waals surface area contributed by atoms with Crippen LogP contribution in [-0.2, 0) is 13.5 Å². The minimum atomic E-state index is -1.50. The van der Waals surface area contributed by atoms with Gasteiger partial charge in [-0.3, -0.25) is 19.4 Å². The molecule has 0 aliphatic carbocycles. The molecule has 2 aliphatic heterocycles. The van der Waals surface area contributed by atoms with Gasteiger partial charge in [-0.15, -0.1) is 0 Å². The van der Waals surface area contributed by atoms with E-state index in [1.54, 1.807) is 36.3 Å². The fourth-order valence-electron chi connectivity index (χ4n) is 5.22. The van der Waals surface area contributed by atoms with Gasteiger partial charge in [0.1, 0.15) is 0 Å². The molecule has 1 fully saturated rings. The average Bonchev–Trinajstić information content (AvgIpc) is 3.32. The van der Waals surface area contributed by atoms with Crippen LogP contribution >= 0.6 is 0 Å². The molecule has 5 heterocycles. The minimum absolute atomic E-state index is 0.0764. The van der Waals surface area contributed by atoms with Crippen molar-refractivity contribution in [1.29, 1.82) is 0 Å². The number of aryl methyl sites for hydroxylation is 1. The number of halogens is 3. The molecule has 6 nitrogen and oxygen atoms in total. The number of nitrogens with zero attached hydrogens (tertiary/aromatic N) is 5. The molecular formula is C24H18F3N5O. The van der Waals surface area contributed by atoms with E-state index in [-0.39, 0.29) is 23.6 Å². The molecule has 0 N–H and O–H groups in total. The summed E-state index contributed by atoms with van der Waals surface area (Å²) in [5.74, 6) is -4.12. The second-order valence-electron chi connectivity index (χ2n) is 8.52. The van der Waals surface area contributed by atoms with Crippen molar-refractivity contribution >= 4 is 16.9 Å². The van der Waals surface area contributed by atoms with Crippen molar-refractivity contribution in [1.82, 2.24) is 24.6 Å². The molecule has 2 bridgehead atoms. The Morgan fingerprint density at radius 2 is 1.85 bits per heavy atom. The molecule has 166 valence electrons. The van der Waals surface area contributed by atoms with Crippen LogP contribution in [0.15, 0.2) is 42.7 Å². The molecule has 9 heteroatoms. The van der Waals surface area contributed by atoms with Crippen LogP contribution in [0.5, 0.6) is 0 Å². The lowest BCUT2D eigenvalue weighted by Crippen LogP contribution is -2.42. The minimum Gasteiger partial charge on any atom is -0.327 e. The van der Waals surface area contributed by atoms with Crippen molar-refractivity contribution in [3.63, 3.8) is 0 Å². The lowest BCUT2D eigenvalue weighted by atomic mass is 9.94. The SMILES string of the molecule is Cn1nc2c(c1-c1cc(F)c(F)c(F)c1)CC1CCC2N1C(=O)c1cnc2cccnc2c1. The first-order valence-electron chi connectivity index (χ1n) is 10.7. The van der Waals surface area contributed by atoms with Crippen LogP contribution in [0, 0.1) is 17.5 Å². The highest BCUT2D eigenvalue weighted by Crippen LogP contribution is 2.46. The highest BCUT2D eigenvalue weighted by molar-refractivity contribution is 5.97. The van der Waals surface area contributed by atoms with Crippen molar-refractivity contribution in [2.75, 3.05) is 0 Å². The molecule has 4 aromatic rings. The van der Waals surface area contributed by atoms with E-state index in [1.807, 2.05) is 11.0 Å². The lowest BCUT2D eigenvalue weighted by Gasteiger charge is -2.34. The zero-order valence-corrected chi connectivity index (χ0v) is 17.6. The normalized spacial score (nSPS) is 19.2. The fraction of sp³-hybridized carbons (Fsp3) is 0.250. The Hall–Kier alpha value is -3.75. The predicted molar refractivity (Wildman–Crippen MR) is 114 cm³/mol. The van der Waals surface area contributed by atoms with Gasteiger partial charge in [0.2, 0.25) is 0 Å². The molecule has 3 aromatic heterocycles. The van der Waals surface area contributed by atoms with Crippen LogP contribution in [0.2, 0.25) is 0 Å². The Morgan fingerprint density at radius 3 is 2.64 bits per heavy atom. The third kappa shape index (κ3) is 2.95. The Kier molecular flexibility index (Phi) is 4.30. The number of amides is 1. The molecule has 0 radical (unpaired) electrons. The first kappa shape index (κ1) is 19.9. The Labute approximate surface area is 186 Å². The van der Waals surface area contributed by atoms with Gasteiger partial charge in [-0.2, -0.15) is 5.10 Å². The molecule has 1 aromatic carbocycles. The number of carbonyl (C=O) groups is 1. The number of aromatic nitrogens is 4. The van der Waals surface area contributed by atoms with E-state index < -0.39 is 17.5 Å². The maximum atomic E-state index is 13.9. The van der Waals surface area contributed by atoms with Gasteiger partial charge < -0.3 is 4.90 Å². The number of benzene rings is 1.